The van der Waals surface area contributed by atoms with E-state index in [0.717, 1.165) is 39.1 Å². The molecule has 0 saturated carbocycles. The van der Waals surface area contributed by atoms with Crippen molar-refractivity contribution in [1.29, 1.82) is 0 Å². The molecule has 1 aliphatic heterocycles. The van der Waals surface area contributed by atoms with Gasteiger partial charge >= 0.3 is 0 Å². The fourth-order valence-electron chi connectivity index (χ4n) is 4.96. The number of aliphatic hydroxyl groups excluding tert-OH is 1. The van der Waals surface area contributed by atoms with Crippen LogP contribution in [0.3, 0.4) is 0 Å². The number of morpholine rings is 1. The van der Waals surface area contributed by atoms with Gasteiger partial charge in [-0.3, -0.25) is 4.90 Å². The Morgan fingerprint density at radius 3 is 1.63 bits per heavy atom. The molecule has 7 nitrogen and oxygen atoms in total. The monoisotopic (exact) mass is 502 g/mol. The number of hydrogen-bond donors (Lipinski definition) is 2. The number of nitrogens with zero attached hydrogens (tertiary/aromatic N) is 2. The molecule has 1 heterocycles. The van der Waals surface area contributed by atoms with Gasteiger partial charge in [0, 0.05) is 19.2 Å². The molecule has 1 rings (SSSR count). The molecule has 1 fully saturated rings. The Morgan fingerprint density at radius 2 is 1.20 bits per heavy atom. The van der Waals surface area contributed by atoms with Gasteiger partial charge in [-0.25, -0.2) is 0 Å². The van der Waals surface area contributed by atoms with Crippen molar-refractivity contribution < 1.29 is 20.1 Å². The van der Waals surface area contributed by atoms with Gasteiger partial charge in [-0.1, -0.05) is 122 Å². The van der Waals surface area contributed by atoms with Crippen molar-refractivity contribution in [2.45, 2.75) is 148 Å². The Labute approximate surface area is 216 Å². The summed E-state index contributed by atoms with van der Waals surface area (Å²) in [4.78, 5) is 11.0. The zero-order valence-corrected chi connectivity index (χ0v) is 23.0. The molecule has 210 valence electrons. The summed E-state index contributed by atoms with van der Waals surface area (Å²) in [5, 5.41) is 22.6. The molecule has 2 N–H and O–H groups in total. The van der Waals surface area contributed by atoms with E-state index in [2.05, 4.69) is 11.8 Å². The summed E-state index contributed by atoms with van der Waals surface area (Å²) < 4.78 is 5.72. The molecule has 0 aromatic carbocycles. The first-order valence-corrected chi connectivity index (χ1v) is 14.9. The second-order valence-electron chi connectivity index (χ2n) is 10.2. The first-order chi connectivity index (χ1) is 17.1. The minimum atomic E-state index is -1.50. The lowest BCUT2D eigenvalue weighted by molar-refractivity contribution is -0.742. The highest BCUT2D eigenvalue weighted by atomic mass is 16.9. The van der Waals surface area contributed by atoms with Gasteiger partial charge in [-0.15, -0.1) is 10.1 Å². The highest BCUT2D eigenvalue weighted by Gasteiger charge is 2.21. The van der Waals surface area contributed by atoms with Gasteiger partial charge in [-0.2, -0.15) is 0 Å². The fourth-order valence-corrected chi connectivity index (χ4v) is 4.96. The summed E-state index contributed by atoms with van der Waals surface area (Å²) in [5.41, 5.74) is 0. The van der Waals surface area contributed by atoms with Crippen LogP contribution < -0.4 is 0 Å². The molecule has 1 saturated heterocycles. The van der Waals surface area contributed by atoms with E-state index in [0.29, 0.717) is 12.6 Å². The summed E-state index contributed by atoms with van der Waals surface area (Å²) in [7, 11) is 0. The van der Waals surface area contributed by atoms with Crippen LogP contribution in [0.25, 0.3) is 0 Å². The number of unbranched alkanes of at least 4 members (excludes halogenated alkanes) is 18. The van der Waals surface area contributed by atoms with Crippen LogP contribution >= 0.6 is 0 Å². The normalized spacial score (nSPS) is 16.1. The number of rotatable bonds is 23. The van der Waals surface area contributed by atoms with Crippen molar-refractivity contribution in [3.05, 3.63) is 10.1 Å². The van der Waals surface area contributed by atoms with Gasteiger partial charge in [0.15, 0.2) is 0 Å². The maximum atomic E-state index is 8.99. The average Bonchev–Trinajstić information content (AvgIpc) is 2.84. The zero-order valence-electron chi connectivity index (χ0n) is 23.0. The van der Waals surface area contributed by atoms with E-state index in [-0.39, 0.29) is 0 Å². The Bertz CT molecular complexity index is 436. The van der Waals surface area contributed by atoms with Crippen molar-refractivity contribution in [3.8, 4) is 0 Å². The maximum Gasteiger partial charge on any atom is 0.291 e. The Hall–Kier alpha value is -0.920. The van der Waals surface area contributed by atoms with Crippen molar-refractivity contribution >= 4 is 0 Å². The maximum absolute atomic E-state index is 8.99. The van der Waals surface area contributed by atoms with Gasteiger partial charge in [0.2, 0.25) is 0 Å². The first-order valence-electron chi connectivity index (χ1n) is 14.9. The lowest BCUT2D eigenvalue weighted by Gasteiger charge is -2.35. The van der Waals surface area contributed by atoms with E-state index in [1.54, 1.807) is 0 Å². The largest absolute Gasteiger partial charge is 0.396 e. The van der Waals surface area contributed by atoms with Crippen LogP contribution in [0.5, 0.6) is 0 Å². The smallest absolute Gasteiger partial charge is 0.291 e. The summed E-state index contributed by atoms with van der Waals surface area (Å²) in [5.74, 6) is 0. The summed E-state index contributed by atoms with van der Waals surface area (Å²) in [6.07, 6.45) is 29.3. The highest BCUT2D eigenvalue weighted by Crippen LogP contribution is 2.17. The van der Waals surface area contributed by atoms with Crippen molar-refractivity contribution in [3.63, 3.8) is 0 Å². The van der Waals surface area contributed by atoms with E-state index in [4.69, 9.17) is 25.2 Å². The van der Waals surface area contributed by atoms with E-state index in [1.807, 2.05) is 0 Å². The quantitative estimate of drug-likeness (QED) is 0.0851. The molecule has 0 radical (unpaired) electrons. The van der Waals surface area contributed by atoms with Crippen LogP contribution in [0.4, 0.5) is 0 Å². The van der Waals surface area contributed by atoms with Gasteiger partial charge in [0.1, 0.15) is 0 Å². The lowest BCUT2D eigenvalue weighted by Crippen LogP contribution is -2.45. The molecule has 0 amide bonds. The highest BCUT2D eigenvalue weighted by molar-refractivity contribution is 4.75. The van der Waals surface area contributed by atoms with Crippen molar-refractivity contribution in [2.24, 2.45) is 0 Å². The van der Waals surface area contributed by atoms with Crippen LogP contribution in [0.1, 0.15) is 142 Å². The van der Waals surface area contributed by atoms with Gasteiger partial charge < -0.3 is 15.1 Å². The van der Waals surface area contributed by atoms with Crippen LogP contribution in [0.15, 0.2) is 0 Å². The van der Waals surface area contributed by atoms with Gasteiger partial charge in [0.25, 0.3) is 5.09 Å². The molecule has 0 aliphatic carbocycles. The average molecular weight is 503 g/mol. The van der Waals surface area contributed by atoms with E-state index < -0.39 is 5.09 Å². The van der Waals surface area contributed by atoms with E-state index >= 15 is 0 Å². The Morgan fingerprint density at radius 1 is 0.771 bits per heavy atom. The fraction of sp³-hybridized carbons (Fsp3) is 1.00. The molecule has 1 unspecified atom stereocenters. The second kappa shape index (κ2) is 27.7. The number of ether oxygens (including phenoxy) is 1. The SMILES string of the molecule is CCCCCCCCCCCCCCCCCCCCC1COCCN1CCCCO.O=[N+]([O-])O. The molecule has 1 atom stereocenters. The lowest BCUT2D eigenvalue weighted by atomic mass is 10.0. The Kier molecular flexibility index (Phi) is 26.9. The third-order valence-electron chi connectivity index (χ3n) is 7.09. The van der Waals surface area contributed by atoms with Crippen LogP contribution in [-0.2, 0) is 4.74 Å². The standard InChI is InChI=1S/C28H57NO2.HNO3/c1-2-3-4-5-6-7-8-9-10-11-12-13-14-15-16-17-18-19-22-28-27-31-26-24-29(28)23-20-21-25-30;2-1(3)4/h28,30H,2-27H2,1H3;(H,2,3,4). The number of hydrogen-bond acceptors (Lipinski definition) is 5. The molecular weight excluding hydrogens is 444 g/mol. The van der Waals surface area contributed by atoms with Crippen LogP contribution in [-0.4, -0.2) is 59.3 Å². The van der Waals surface area contributed by atoms with Crippen LogP contribution in [0, 0.1) is 10.1 Å². The minimum Gasteiger partial charge on any atom is -0.396 e. The summed E-state index contributed by atoms with van der Waals surface area (Å²) in [6, 6.07) is 0.619. The van der Waals surface area contributed by atoms with E-state index in [1.165, 1.54) is 122 Å². The molecule has 0 spiro atoms. The van der Waals surface area contributed by atoms with E-state index in [9.17, 15) is 0 Å². The second-order valence-corrected chi connectivity index (χ2v) is 10.2. The molecular formula is C28H58N2O5. The third-order valence-corrected chi connectivity index (χ3v) is 7.09. The van der Waals surface area contributed by atoms with Crippen LogP contribution in [0.2, 0.25) is 0 Å². The number of aliphatic hydroxyl groups is 1. The molecule has 7 heteroatoms. The minimum absolute atomic E-state index is 0.328. The predicted molar refractivity (Wildman–Crippen MR) is 145 cm³/mol. The van der Waals surface area contributed by atoms with Crippen molar-refractivity contribution in [1.82, 2.24) is 4.90 Å². The summed E-state index contributed by atoms with van der Waals surface area (Å²) >= 11 is 0. The van der Waals surface area contributed by atoms with Gasteiger partial charge in [-0.05, 0) is 25.8 Å². The molecule has 0 aromatic rings. The molecule has 1 aliphatic rings. The summed E-state index contributed by atoms with van der Waals surface area (Å²) in [6.45, 7) is 6.63. The zero-order chi connectivity index (χ0) is 25.8. The van der Waals surface area contributed by atoms with Crippen molar-refractivity contribution in [2.75, 3.05) is 32.9 Å². The topological polar surface area (TPSA) is 96.1 Å². The first kappa shape index (κ1) is 34.1. The predicted octanol–water partition coefficient (Wildman–Crippen LogP) is 7.54. The molecule has 35 heavy (non-hydrogen) atoms. The third kappa shape index (κ3) is 26.0. The molecule has 0 bridgehead atoms. The molecule has 0 aromatic heterocycles. The Balaban J connectivity index is 0.00000267. The van der Waals surface area contributed by atoms with Gasteiger partial charge in [0.05, 0.1) is 13.2 Å².